The number of rotatable bonds is 4. The minimum absolute atomic E-state index is 0.345. The van der Waals surface area contributed by atoms with Crippen molar-refractivity contribution in [3.05, 3.63) is 28.4 Å². The fraction of sp³-hybridized carbons (Fsp3) is 0.333. The first-order valence-electron chi connectivity index (χ1n) is 5.53. The van der Waals surface area contributed by atoms with Crippen LogP contribution in [0, 0.1) is 0 Å². The number of H-pyrrole nitrogens is 1. The molecule has 4 nitrogen and oxygen atoms in total. The lowest BCUT2D eigenvalue weighted by Crippen LogP contribution is -2.07. The van der Waals surface area contributed by atoms with E-state index in [1.54, 1.807) is 0 Å². The topological polar surface area (TPSA) is 55.0 Å². The highest BCUT2D eigenvalue weighted by Gasteiger charge is 2.15. The van der Waals surface area contributed by atoms with Gasteiger partial charge in [-0.05, 0) is 24.6 Å². The standard InChI is InChI=1S/C12H13BrN2O2/c1-2-3-6-17-12(16)11-9-7-8(13)4-5-10(9)14-15-11/h4-5,7H,2-3,6H2,1H3,(H,14,15). The molecule has 90 valence electrons. The van der Waals surface area contributed by atoms with Crippen molar-refractivity contribution >= 4 is 32.8 Å². The monoisotopic (exact) mass is 296 g/mol. The fourth-order valence-corrected chi connectivity index (χ4v) is 1.88. The van der Waals surface area contributed by atoms with E-state index >= 15 is 0 Å². The third kappa shape index (κ3) is 2.66. The number of carbonyl (C=O) groups is 1. The molecular weight excluding hydrogens is 284 g/mol. The molecule has 2 aromatic rings. The number of nitrogens with one attached hydrogen (secondary N) is 1. The van der Waals surface area contributed by atoms with E-state index in [0.717, 1.165) is 28.2 Å². The Hall–Kier alpha value is -1.36. The minimum atomic E-state index is -0.372. The van der Waals surface area contributed by atoms with Gasteiger partial charge in [0, 0.05) is 9.86 Å². The molecule has 1 aromatic heterocycles. The van der Waals surface area contributed by atoms with Gasteiger partial charge >= 0.3 is 5.97 Å². The van der Waals surface area contributed by atoms with E-state index in [1.165, 1.54) is 0 Å². The molecule has 2 rings (SSSR count). The molecule has 1 aromatic carbocycles. The quantitative estimate of drug-likeness (QED) is 0.696. The molecule has 0 unspecified atom stereocenters. The second-order valence-corrected chi connectivity index (χ2v) is 4.67. The van der Waals surface area contributed by atoms with Crippen LogP contribution in [0.5, 0.6) is 0 Å². The van der Waals surface area contributed by atoms with Crippen molar-refractivity contribution in [1.29, 1.82) is 0 Å². The molecule has 0 radical (unpaired) electrons. The van der Waals surface area contributed by atoms with Crippen molar-refractivity contribution in [3.63, 3.8) is 0 Å². The number of unbranched alkanes of at least 4 members (excludes halogenated alkanes) is 1. The third-order valence-corrected chi connectivity index (χ3v) is 2.94. The number of fused-ring (bicyclic) bond motifs is 1. The molecule has 0 saturated carbocycles. The summed E-state index contributed by atoms with van der Waals surface area (Å²) in [7, 11) is 0. The van der Waals surface area contributed by atoms with Gasteiger partial charge in [0.2, 0.25) is 0 Å². The van der Waals surface area contributed by atoms with Crippen LogP contribution in [-0.4, -0.2) is 22.8 Å². The molecule has 17 heavy (non-hydrogen) atoms. The zero-order chi connectivity index (χ0) is 12.3. The van der Waals surface area contributed by atoms with Crippen LogP contribution in [0.1, 0.15) is 30.3 Å². The number of esters is 1. The average molecular weight is 297 g/mol. The second kappa shape index (κ2) is 5.31. The van der Waals surface area contributed by atoms with Gasteiger partial charge < -0.3 is 4.74 Å². The minimum Gasteiger partial charge on any atom is -0.461 e. The lowest BCUT2D eigenvalue weighted by atomic mass is 10.2. The molecule has 0 amide bonds. The zero-order valence-corrected chi connectivity index (χ0v) is 11.1. The van der Waals surface area contributed by atoms with Crippen LogP contribution in [-0.2, 0) is 4.74 Å². The Kier molecular flexibility index (Phi) is 3.78. The average Bonchev–Trinajstić information content (AvgIpc) is 2.72. The van der Waals surface area contributed by atoms with Gasteiger partial charge in [-0.25, -0.2) is 4.79 Å². The molecule has 5 heteroatoms. The van der Waals surface area contributed by atoms with Gasteiger partial charge in [0.25, 0.3) is 0 Å². The molecule has 0 aliphatic rings. The molecule has 0 aliphatic carbocycles. The van der Waals surface area contributed by atoms with Crippen molar-refractivity contribution in [2.75, 3.05) is 6.61 Å². The lowest BCUT2D eigenvalue weighted by molar-refractivity contribution is 0.0495. The maximum absolute atomic E-state index is 11.8. The Balaban J connectivity index is 2.23. The highest BCUT2D eigenvalue weighted by atomic mass is 79.9. The van der Waals surface area contributed by atoms with E-state index in [9.17, 15) is 4.79 Å². The first kappa shape index (κ1) is 12.1. The van der Waals surface area contributed by atoms with E-state index in [0.29, 0.717) is 12.3 Å². The predicted octanol–water partition coefficient (Wildman–Crippen LogP) is 3.28. The summed E-state index contributed by atoms with van der Waals surface area (Å²) in [4.78, 5) is 11.8. The predicted molar refractivity (Wildman–Crippen MR) is 69.0 cm³/mol. The Morgan fingerprint density at radius 2 is 2.35 bits per heavy atom. The summed E-state index contributed by atoms with van der Waals surface area (Å²) in [6, 6.07) is 5.62. The first-order valence-corrected chi connectivity index (χ1v) is 6.32. The number of ether oxygens (including phenoxy) is 1. The van der Waals surface area contributed by atoms with Gasteiger partial charge in [-0.2, -0.15) is 5.10 Å². The molecule has 0 aliphatic heterocycles. The van der Waals surface area contributed by atoms with Crippen LogP contribution in [0.25, 0.3) is 10.9 Å². The maximum Gasteiger partial charge on any atom is 0.359 e. The van der Waals surface area contributed by atoms with Crippen LogP contribution in [0.15, 0.2) is 22.7 Å². The van der Waals surface area contributed by atoms with E-state index in [1.807, 2.05) is 18.2 Å². The van der Waals surface area contributed by atoms with Crippen LogP contribution in [0.4, 0.5) is 0 Å². The van der Waals surface area contributed by atoms with Gasteiger partial charge in [0.1, 0.15) is 0 Å². The van der Waals surface area contributed by atoms with E-state index < -0.39 is 0 Å². The van der Waals surface area contributed by atoms with Gasteiger partial charge in [0.15, 0.2) is 5.69 Å². The summed E-state index contributed by atoms with van der Waals surface area (Å²) < 4.78 is 6.05. The van der Waals surface area contributed by atoms with E-state index in [-0.39, 0.29) is 5.97 Å². The summed E-state index contributed by atoms with van der Waals surface area (Å²) >= 11 is 3.37. The smallest absolute Gasteiger partial charge is 0.359 e. The van der Waals surface area contributed by atoms with Crippen molar-refractivity contribution < 1.29 is 9.53 Å². The molecule has 0 spiro atoms. The van der Waals surface area contributed by atoms with E-state index in [4.69, 9.17) is 4.74 Å². The zero-order valence-electron chi connectivity index (χ0n) is 9.50. The van der Waals surface area contributed by atoms with Gasteiger partial charge in [-0.1, -0.05) is 29.3 Å². The SMILES string of the molecule is CCCCOC(=O)c1n[nH]c2ccc(Br)cc12. The number of benzene rings is 1. The molecule has 1 heterocycles. The number of carbonyl (C=O) groups excluding carboxylic acids is 1. The number of hydrogen-bond donors (Lipinski definition) is 1. The highest BCUT2D eigenvalue weighted by molar-refractivity contribution is 9.10. The van der Waals surface area contributed by atoms with Crippen molar-refractivity contribution in [3.8, 4) is 0 Å². The fourth-order valence-electron chi connectivity index (χ4n) is 1.52. The molecule has 0 fully saturated rings. The molecule has 0 atom stereocenters. The maximum atomic E-state index is 11.8. The number of nitrogens with zero attached hydrogens (tertiary/aromatic N) is 1. The lowest BCUT2D eigenvalue weighted by Gasteiger charge is -2.01. The molecule has 1 N–H and O–H groups in total. The first-order chi connectivity index (χ1) is 8.22. The van der Waals surface area contributed by atoms with Crippen LogP contribution >= 0.6 is 15.9 Å². The molecular formula is C12H13BrN2O2. The number of halogens is 1. The van der Waals surface area contributed by atoms with Crippen molar-refractivity contribution in [2.24, 2.45) is 0 Å². The van der Waals surface area contributed by atoms with Gasteiger partial charge in [-0.15, -0.1) is 0 Å². The normalized spacial score (nSPS) is 10.7. The summed E-state index contributed by atoms with van der Waals surface area (Å²) in [6.07, 6.45) is 1.87. The van der Waals surface area contributed by atoms with Crippen LogP contribution in [0.2, 0.25) is 0 Å². The number of aromatic amines is 1. The summed E-state index contributed by atoms with van der Waals surface area (Å²) in [5.74, 6) is -0.372. The number of hydrogen-bond acceptors (Lipinski definition) is 3. The summed E-state index contributed by atoms with van der Waals surface area (Å²) in [5, 5.41) is 7.59. The Labute approximate surface area is 107 Å². The van der Waals surface area contributed by atoms with Crippen molar-refractivity contribution in [1.82, 2.24) is 10.2 Å². The van der Waals surface area contributed by atoms with Crippen LogP contribution in [0.3, 0.4) is 0 Å². The Morgan fingerprint density at radius 1 is 1.53 bits per heavy atom. The molecule has 0 bridgehead atoms. The largest absolute Gasteiger partial charge is 0.461 e. The summed E-state index contributed by atoms with van der Waals surface area (Å²) in [5.41, 5.74) is 1.17. The summed E-state index contributed by atoms with van der Waals surface area (Å²) in [6.45, 7) is 2.49. The van der Waals surface area contributed by atoms with Gasteiger partial charge in [-0.3, -0.25) is 5.10 Å². The second-order valence-electron chi connectivity index (χ2n) is 3.75. The van der Waals surface area contributed by atoms with E-state index in [2.05, 4.69) is 33.1 Å². The van der Waals surface area contributed by atoms with Crippen molar-refractivity contribution in [2.45, 2.75) is 19.8 Å². The number of aromatic nitrogens is 2. The van der Waals surface area contributed by atoms with Gasteiger partial charge in [0.05, 0.1) is 12.1 Å². The Morgan fingerprint density at radius 3 is 3.12 bits per heavy atom. The Bertz CT molecular complexity index is 536. The highest BCUT2D eigenvalue weighted by Crippen LogP contribution is 2.21. The molecule has 0 saturated heterocycles. The third-order valence-electron chi connectivity index (χ3n) is 2.45. The van der Waals surface area contributed by atoms with Crippen LogP contribution < -0.4 is 0 Å².